The molecule has 1 aliphatic rings. The van der Waals surface area contributed by atoms with Gasteiger partial charge in [-0.3, -0.25) is 4.90 Å². The lowest BCUT2D eigenvalue weighted by molar-refractivity contribution is -0.00402. The zero-order valence-electron chi connectivity index (χ0n) is 9.38. The molecule has 0 fully saturated rings. The van der Waals surface area contributed by atoms with Crippen molar-refractivity contribution < 1.29 is 9.90 Å². The highest BCUT2D eigenvalue weighted by molar-refractivity contribution is 6.05. The van der Waals surface area contributed by atoms with Crippen molar-refractivity contribution in [2.24, 2.45) is 0 Å². The van der Waals surface area contributed by atoms with Crippen LogP contribution in [-0.4, -0.2) is 39.3 Å². The maximum atomic E-state index is 9.56. The SMILES string of the molecule is CCN(C(C)O)C1C=CC(=[N+]=[N-])C(C)=C1. The van der Waals surface area contributed by atoms with Crippen LogP contribution in [0.25, 0.3) is 5.53 Å². The normalized spacial score (nSPS) is 22.6. The van der Waals surface area contributed by atoms with Crippen molar-refractivity contribution in [3.63, 3.8) is 0 Å². The van der Waals surface area contributed by atoms with Crippen LogP contribution < -0.4 is 0 Å². The van der Waals surface area contributed by atoms with Crippen molar-refractivity contribution in [3.05, 3.63) is 29.3 Å². The van der Waals surface area contributed by atoms with Gasteiger partial charge in [0, 0.05) is 17.7 Å². The van der Waals surface area contributed by atoms with Gasteiger partial charge in [0.05, 0.1) is 0 Å². The summed E-state index contributed by atoms with van der Waals surface area (Å²) in [6, 6.07) is 0.0699. The lowest BCUT2D eigenvalue weighted by atomic mass is 10.0. The van der Waals surface area contributed by atoms with Gasteiger partial charge < -0.3 is 10.6 Å². The van der Waals surface area contributed by atoms with Gasteiger partial charge in [0.2, 0.25) is 0 Å². The molecular formula is C11H17N3O. The fraction of sp³-hybridized carbons (Fsp3) is 0.545. The zero-order chi connectivity index (χ0) is 11.4. The lowest BCUT2D eigenvalue weighted by Crippen LogP contribution is -2.40. The summed E-state index contributed by atoms with van der Waals surface area (Å²) in [5.41, 5.74) is 10.2. The standard InChI is InChI=1S/C11H17N3O/c1-4-14(9(3)15)10-5-6-11(13-12)8(2)7-10/h5-7,9-10,15H,4H2,1-3H3. The Morgan fingerprint density at radius 2 is 2.33 bits per heavy atom. The number of aliphatic hydroxyl groups excluding tert-OH is 1. The molecule has 4 heteroatoms. The topological polar surface area (TPSA) is 59.9 Å². The highest BCUT2D eigenvalue weighted by Gasteiger charge is 2.22. The molecule has 0 amide bonds. The van der Waals surface area contributed by atoms with E-state index in [1.165, 1.54) is 0 Å². The van der Waals surface area contributed by atoms with E-state index >= 15 is 0 Å². The summed E-state index contributed by atoms with van der Waals surface area (Å²) in [7, 11) is 0. The third kappa shape index (κ3) is 2.63. The molecule has 0 saturated carbocycles. The van der Waals surface area contributed by atoms with Gasteiger partial charge in [0.15, 0.2) is 0 Å². The number of likely N-dealkylation sites (N-methyl/N-ethyl adjacent to an activating group) is 1. The molecule has 0 saturated heterocycles. The summed E-state index contributed by atoms with van der Waals surface area (Å²) in [5.74, 6) is 0. The Balaban J connectivity index is 2.88. The Hall–Kier alpha value is -1.22. The molecule has 0 spiro atoms. The molecule has 15 heavy (non-hydrogen) atoms. The minimum absolute atomic E-state index is 0.0699. The van der Waals surface area contributed by atoms with Gasteiger partial charge in [-0.05, 0) is 20.4 Å². The fourth-order valence-corrected chi connectivity index (χ4v) is 1.76. The predicted molar refractivity (Wildman–Crippen MR) is 59.4 cm³/mol. The van der Waals surface area contributed by atoms with Crippen LogP contribution in [0.15, 0.2) is 23.8 Å². The number of nitrogens with zero attached hydrogens (tertiary/aromatic N) is 3. The minimum atomic E-state index is -0.485. The number of rotatable bonds is 3. The van der Waals surface area contributed by atoms with Crippen molar-refractivity contribution in [1.82, 2.24) is 4.90 Å². The van der Waals surface area contributed by atoms with Gasteiger partial charge in [-0.2, -0.15) is 4.79 Å². The Morgan fingerprint density at radius 1 is 1.67 bits per heavy atom. The van der Waals surface area contributed by atoms with Crippen LogP contribution in [0.2, 0.25) is 0 Å². The summed E-state index contributed by atoms with van der Waals surface area (Å²) >= 11 is 0. The summed E-state index contributed by atoms with van der Waals surface area (Å²) in [5, 5.41) is 9.56. The maximum absolute atomic E-state index is 9.56. The number of aliphatic hydroxyl groups is 1. The van der Waals surface area contributed by atoms with Crippen LogP contribution in [0.4, 0.5) is 0 Å². The molecule has 2 unspecified atom stereocenters. The van der Waals surface area contributed by atoms with E-state index in [-0.39, 0.29) is 6.04 Å². The smallest absolute Gasteiger partial charge is 0.317 e. The van der Waals surface area contributed by atoms with Gasteiger partial charge >= 0.3 is 5.71 Å². The van der Waals surface area contributed by atoms with Gasteiger partial charge in [-0.1, -0.05) is 19.1 Å². The van der Waals surface area contributed by atoms with E-state index in [0.29, 0.717) is 5.71 Å². The molecule has 1 aliphatic carbocycles. The number of hydrogen-bond acceptors (Lipinski definition) is 2. The molecule has 0 radical (unpaired) electrons. The third-order valence-electron chi connectivity index (χ3n) is 2.61. The highest BCUT2D eigenvalue weighted by atomic mass is 16.3. The first-order valence-corrected chi connectivity index (χ1v) is 5.13. The molecule has 0 aromatic rings. The fourth-order valence-electron chi connectivity index (χ4n) is 1.76. The molecule has 0 bridgehead atoms. The third-order valence-corrected chi connectivity index (χ3v) is 2.61. The van der Waals surface area contributed by atoms with Crippen molar-refractivity contribution in [3.8, 4) is 0 Å². The largest absolute Gasteiger partial charge is 0.379 e. The number of hydrogen-bond donors (Lipinski definition) is 1. The van der Waals surface area contributed by atoms with Gasteiger partial charge in [-0.25, -0.2) is 0 Å². The molecule has 0 aromatic heterocycles. The van der Waals surface area contributed by atoms with E-state index in [1.807, 2.05) is 30.9 Å². The molecular weight excluding hydrogens is 190 g/mol. The second-order valence-corrected chi connectivity index (χ2v) is 3.65. The van der Waals surface area contributed by atoms with E-state index in [9.17, 15) is 5.11 Å². The molecule has 4 nitrogen and oxygen atoms in total. The van der Waals surface area contributed by atoms with Gasteiger partial charge in [0.25, 0.3) is 0 Å². The van der Waals surface area contributed by atoms with Crippen LogP contribution >= 0.6 is 0 Å². The van der Waals surface area contributed by atoms with Crippen molar-refractivity contribution >= 4 is 5.71 Å². The van der Waals surface area contributed by atoms with Crippen LogP contribution in [-0.2, 0) is 0 Å². The summed E-state index contributed by atoms with van der Waals surface area (Å²) in [6.45, 7) is 6.40. The molecule has 2 atom stereocenters. The first-order valence-electron chi connectivity index (χ1n) is 5.13. The summed E-state index contributed by atoms with van der Waals surface area (Å²) in [4.78, 5) is 5.11. The quantitative estimate of drug-likeness (QED) is 0.429. The van der Waals surface area contributed by atoms with Crippen LogP contribution in [0, 0.1) is 0 Å². The van der Waals surface area contributed by atoms with Crippen LogP contribution in [0.1, 0.15) is 20.8 Å². The average Bonchev–Trinajstić information content (AvgIpc) is 2.18. The second kappa shape index (κ2) is 5.03. The maximum Gasteiger partial charge on any atom is 0.317 e. The van der Waals surface area contributed by atoms with E-state index in [4.69, 9.17) is 5.53 Å². The van der Waals surface area contributed by atoms with E-state index in [1.54, 1.807) is 13.0 Å². The van der Waals surface area contributed by atoms with Crippen molar-refractivity contribution in [2.45, 2.75) is 33.0 Å². The van der Waals surface area contributed by atoms with Crippen molar-refractivity contribution in [2.75, 3.05) is 6.54 Å². The van der Waals surface area contributed by atoms with Crippen LogP contribution in [0.5, 0.6) is 0 Å². The van der Waals surface area contributed by atoms with Gasteiger partial charge in [0.1, 0.15) is 6.23 Å². The van der Waals surface area contributed by atoms with E-state index in [2.05, 4.69) is 4.79 Å². The molecule has 1 N–H and O–H groups in total. The molecule has 82 valence electrons. The molecule has 1 rings (SSSR count). The second-order valence-electron chi connectivity index (χ2n) is 3.65. The minimum Gasteiger partial charge on any atom is -0.379 e. The summed E-state index contributed by atoms with van der Waals surface area (Å²) in [6.07, 6.45) is 5.18. The van der Waals surface area contributed by atoms with Gasteiger partial charge in [-0.15, -0.1) is 0 Å². The monoisotopic (exact) mass is 207 g/mol. The lowest BCUT2D eigenvalue weighted by Gasteiger charge is -2.30. The highest BCUT2D eigenvalue weighted by Crippen LogP contribution is 2.14. The Bertz CT molecular complexity index is 338. The Kier molecular flexibility index (Phi) is 3.97. The number of allylic oxidation sites excluding steroid dienone is 2. The molecule has 0 aliphatic heterocycles. The van der Waals surface area contributed by atoms with E-state index in [0.717, 1.165) is 12.1 Å². The zero-order valence-corrected chi connectivity index (χ0v) is 9.38. The summed E-state index contributed by atoms with van der Waals surface area (Å²) < 4.78 is 0. The van der Waals surface area contributed by atoms with E-state index < -0.39 is 6.23 Å². The van der Waals surface area contributed by atoms with Crippen molar-refractivity contribution in [1.29, 1.82) is 0 Å². The van der Waals surface area contributed by atoms with Crippen LogP contribution in [0.3, 0.4) is 0 Å². The molecule has 0 heterocycles. The predicted octanol–water partition coefficient (Wildman–Crippen LogP) is 1.20. The Labute approximate surface area is 90.1 Å². The average molecular weight is 207 g/mol. The first-order chi connectivity index (χ1) is 7.10. The first kappa shape index (κ1) is 11.9. The molecule has 0 aromatic carbocycles. The Morgan fingerprint density at radius 3 is 2.73 bits per heavy atom.